The summed E-state index contributed by atoms with van der Waals surface area (Å²) in [6.45, 7) is 2.73. The maximum Gasteiger partial charge on any atom is 0.294 e. The smallest absolute Gasteiger partial charge is 0.294 e. The van der Waals surface area contributed by atoms with E-state index in [4.69, 9.17) is 0 Å². The zero-order valence-corrected chi connectivity index (χ0v) is 9.79. The molecule has 5 aliphatic rings. The second kappa shape index (κ2) is 3.03. The molecule has 0 aromatic rings. The fraction of sp³-hybridized carbons (Fsp3) is 1.00. The number of hydrogen-bond donors (Lipinski definition) is 0. The van der Waals surface area contributed by atoms with Crippen LogP contribution in [0.2, 0.25) is 19.0 Å². The Balaban J connectivity index is 1.65. The van der Waals surface area contributed by atoms with Crippen molar-refractivity contribution in [2.45, 2.75) is 51.1 Å². The topological polar surface area (TPSA) is 2.70 Å². The molecular formula is C13H23BO. The zero-order chi connectivity index (χ0) is 9.88. The van der Waals surface area contributed by atoms with E-state index in [0.717, 1.165) is 17.8 Å². The molecule has 5 rings (SSSR count). The molecule has 84 valence electrons. The van der Waals surface area contributed by atoms with E-state index in [1.54, 1.807) is 38.2 Å². The first kappa shape index (κ1) is 9.10. The van der Waals surface area contributed by atoms with Crippen LogP contribution in [-0.2, 0) is 4.28 Å². The third kappa shape index (κ3) is 1.27. The van der Waals surface area contributed by atoms with Gasteiger partial charge in [-0.15, -0.1) is 0 Å². The highest BCUT2D eigenvalue weighted by atomic mass is 16.7. The van der Waals surface area contributed by atoms with Crippen LogP contribution in [0, 0.1) is 17.8 Å². The lowest BCUT2D eigenvalue weighted by Gasteiger charge is -2.61. The Labute approximate surface area is 93.2 Å². The lowest BCUT2D eigenvalue weighted by atomic mass is 9.21. The van der Waals surface area contributed by atoms with Crippen molar-refractivity contribution in [2.24, 2.45) is 17.8 Å². The minimum atomic E-state index is -0.0868. The minimum Gasteiger partial charge on any atom is -0.671 e. The summed E-state index contributed by atoms with van der Waals surface area (Å²) in [6.07, 6.45) is 12.4. The Bertz CT molecular complexity index is 234. The van der Waals surface area contributed by atoms with Crippen molar-refractivity contribution in [3.05, 3.63) is 0 Å². The molecule has 0 aromatic carbocycles. The molecule has 4 saturated heterocycles. The van der Waals surface area contributed by atoms with Gasteiger partial charge >= 0.3 is 0 Å². The van der Waals surface area contributed by atoms with E-state index in [2.05, 4.69) is 4.28 Å². The van der Waals surface area contributed by atoms with Gasteiger partial charge in [-0.05, 0) is 0 Å². The van der Waals surface area contributed by atoms with Gasteiger partial charge < -0.3 is 4.28 Å². The summed E-state index contributed by atoms with van der Waals surface area (Å²) in [7, 11) is 0. The summed E-state index contributed by atoms with van der Waals surface area (Å²) in [6, 6.07) is 0. The molecule has 0 unspecified atom stereocenters. The van der Waals surface area contributed by atoms with Crippen LogP contribution in [0.25, 0.3) is 0 Å². The Morgan fingerprint density at radius 1 is 0.733 bits per heavy atom. The van der Waals surface area contributed by atoms with Crippen LogP contribution < -0.4 is 0 Å². The molecule has 0 atom stereocenters. The van der Waals surface area contributed by atoms with Gasteiger partial charge in [-0.3, -0.25) is 0 Å². The average molecular weight is 206 g/mol. The standard InChI is InChI=1S/C13H23BO/c1-2-4-15(3-1)14-8-11-5-12(9-14)7-13(6-11)10-14/h11-13H,1-10H2. The predicted molar refractivity (Wildman–Crippen MR) is 64.5 cm³/mol. The largest absolute Gasteiger partial charge is 0.671 e. The zero-order valence-electron chi connectivity index (χ0n) is 9.79. The van der Waals surface area contributed by atoms with Crippen molar-refractivity contribution in [1.82, 2.24) is 0 Å². The van der Waals surface area contributed by atoms with Gasteiger partial charge in [0.1, 0.15) is 0 Å². The van der Waals surface area contributed by atoms with E-state index in [0.29, 0.717) is 0 Å². The first-order chi connectivity index (χ1) is 7.34. The highest BCUT2D eigenvalue weighted by molar-refractivity contribution is 6.75. The molecule has 0 spiro atoms. The van der Waals surface area contributed by atoms with Crippen molar-refractivity contribution in [3.63, 3.8) is 0 Å². The SMILES string of the molecule is C1CC[O+]([B-]23CC4CC(CC(C4)C2)C3)C1. The Morgan fingerprint density at radius 3 is 1.67 bits per heavy atom. The molecule has 4 heterocycles. The van der Waals surface area contributed by atoms with Crippen molar-refractivity contribution in [1.29, 1.82) is 0 Å². The summed E-state index contributed by atoms with van der Waals surface area (Å²) in [5.41, 5.74) is 0. The highest BCUT2D eigenvalue weighted by Gasteiger charge is 2.55. The van der Waals surface area contributed by atoms with Gasteiger partial charge in [-0.25, -0.2) is 0 Å². The van der Waals surface area contributed by atoms with Crippen LogP contribution in [0.1, 0.15) is 32.1 Å². The van der Waals surface area contributed by atoms with Crippen LogP contribution in [0.15, 0.2) is 0 Å². The van der Waals surface area contributed by atoms with Gasteiger partial charge in [0.25, 0.3) is 6.35 Å². The molecule has 4 bridgehead atoms. The van der Waals surface area contributed by atoms with E-state index in [-0.39, 0.29) is 6.35 Å². The lowest BCUT2D eigenvalue weighted by molar-refractivity contribution is 0.00541. The quantitative estimate of drug-likeness (QED) is 0.457. The van der Waals surface area contributed by atoms with Gasteiger partial charge in [0.2, 0.25) is 0 Å². The lowest BCUT2D eigenvalue weighted by Crippen LogP contribution is -2.59. The maximum absolute atomic E-state index is 3.83. The van der Waals surface area contributed by atoms with Gasteiger partial charge in [0.05, 0.1) is 13.2 Å². The Kier molecular flexibility index (Phi) is 1.84. The molecule has 5 fully saturated rings. The molecule has 0 N–H and O–H groups in total. The fourth-order valence-electron chi connectivity index (χ4n) is 5.98. The van der Waals surface area contributed by atoms with Gasteiger partial charge in [-0.2, -0.15) is 0 Å². The molecule has 1 aliphatic carbocycles. The molecule has 4 aliphatic heterocycles. The van der Waals surface area contributed by atoms with E-state index in [9.17, 15) is 0 Å². The van der Waals surface area contributed by atoms with Gasteiger partial charge in [-0.1, -0.05) is 56.0 Å². The molecule has 0 amide bonds. The van der Waals surface area contributed by atoms with Crippen LogP contribution in [0.3, 0.4) is 0 Å². The molecule has 0 radical (unpaired) electrons. The molecule has 15 heavy (non-hydrogen) atoms. The summed E-state index contributed by atoms with van der Waals surface area (Å²) in [4.78, 5) is 0. The summed E-state index contributed by atoms with van der Waals surface area (Å²) >= 11 is 0. The van der Waals surface area contributed by atoms with E-state index < -0.39 is 0 Å². The molecular weight excluding hydrogens is 183 g/mol. The summed E-state index contributed by atoms with van der Waals surface area (Å²) in [5.74, 6) is 3.39. The van der Waals surface area contributed by atoms with Gasteiger partial charge in [0.15, 0.2) is 0 Å². The van der Waals surface area contributed by atoms with E-state index in [1.165, 1.54) is 26.1 Å². The fourth-order valence-corrected chi connectivity index (χ4v) is 5.98. The van der Waals surface area contributed by atoms with Crippen molar-refractivity contribution < 1.29 is 4.28 Å². The van der Waals surface area contributed by atoms with E-state index in [1.807, 2.05) is 0 Å². The molecule has 0 aromatic heterocycles. The summed E-state index contributed by atoms with van der Waals surface area (Å²) in [5, 5.41) is 0. The van der Waals surface area contributed by atoms with Gasteiger partial charge in [0, 0.05) is 12.8 Å². The van der Waals surface area contributed by atoms with E-state index >= 15 is 0 Å². The van der Waals surface area contributed by atoms with Crippen LogP contribution in [-0.4, -0.2) is 19.6 Å². The third-order valence-corrected chi connectivity index (χ3v) is 6.06. The minimum absolute atomic E-state index is 0.0868. The third-order valence-electron chi connectivity index (χ3n) is 6.06. The molecule has 1 nitrogen and oxygen atoms in total. The first-order valence-corrected chi connectivity index (χ1v) is 7.21. The monoisotopic (exact) mass is 206 g/mol. The summed E-state index contributed by atoms with van der Waals surface area (Å²) < 4.78 is 3.83. The van der Waals surface area contributed by atoms with Crippen molar-refractivity contribution in [3.8, 4) is 0 Å². The second-order valence-corrected chi connectivity index (χ2v) is 7.03. The Morgan fingerprint density at radius 2 is 1.20 bits per heavy atom. The highest BCUT2D eigenvalue weighted by Crippen LogP contribution is 2.58. The first-order valence-electron chi connectivity index (χ1n) is 7.21. The maximum atomic E-state index is 3.83. The molecule has 1 saturated carbocycles. The number of hydrogen-bond acceptors (Lipinski definition) is 0. The average Bonchev–Trinajstić information content (AvgIpc) is 2.67. The predicted octanol–water partition coefficient (Wildman–Crippen LogP) is 3.34. The van der Waals surface area contributed by atoms with Crippen LogP contribution in [0.4, 0.5) is 0 Å². The van der Waals surface area contributed by atoms with Crippen molar-refractivity contribution in [2.75, 3.05) is 13.2 Å². The second-order valence-electron chi connectivity index (χ2n) is 7.03. The molecule has 2 heteroatoms. The van der Waals surface area contributed by atoms with Crippen LogP contribution >= 0.6 is 0 Å². The van der Waals surface area contributed by atoms with Crippen molar-refractivity contribution >= 4 is 6.35 Å². The van der Waals surface area contributed by atoms with Crippen LogP contribution in [0.5, 0.6) is 0 Å². The number of rotatable bonds is 1. The Hall–Kier alpha value is 0.0249. The normalized spacial score (nSPS) is 54.0.